The SMILES string of the molecule is COCCN1CCN2C(=O)[C@H](C)N(C(=O)c3nn(C)c4ccccc34)C[C@H]2C1=O. The minimum absolute atomic E-state index is 0.141. The smallest absolute Gasteiger partial charge is 0.275 e. The van der Waals surface area contributed by atoms with Crippen molar-refractivity contribution in [1.29, 1.82) is 0 Å². The maximum Gasteiger partial charge on any atom is 0.275 e. The number of carbonyl (C=O) groups excluding carboxylic acids is 3. The van der Waals surface area contributed by atoms with Gasteiger partial charge in [-0.15, -0.1) is 0 Å². The number of methoxy groups -OCH3 is 1. The average molecular weight is 399 g/mol. The number of aryl methyl sites for hydroxylation is 1. The van der Waals surface area contributed by atoms with Gasteiger partial charge in [0.15, 0.2) is 5.69 Å². The second kappa shape index (κ2) is 7.47. The maximum absolute atomic E-state index is 13.4. The van der Waals surface area contributed by atoms with Crippen LogP contribution in [0, 0.1) is 0 Å². The van der Waals surface area contributed by atoms with Crippen molar-refractivity contribution in [1.82, 2.24) is 24.5 Å². The van der Waals surface area contributed by atoms with Crippen LogP contribution in [0.25, 0.3) is 10.9 Å². The van der Waals surface area contributed by atoms with Gasteiger partial charge < -0.3 is 19.4 Å². The molecule has 1 aromatic heterocycles. The Hall–Kier alpha value is -2.94. The molecule has 1 aromatic carbocycles. The van der Waals surface area contributed by atoms with E-state index in [1.54, 1.807) is 35.6 Å². The van der Waals surface area contributed by atoms with Crippen LogP contribution in [0.5, 0.6) is 0 Å². The summed E-state index contributed by atoms with van der Waals surface area (Å²) in [4.78, 5) is 44.1. The van der Waals surface area contributed by atoms with E-state index in [0.29, 0.717) is 31.9 Å². The second-order valence-electron chi connectivity index (χ2n) is 7.49. The third kappa shape index (κ3) is 3.15. The number of aromatic nitrogens is 2. The lowest BCUT2D eigenvalue weighted by Gasteiger charge is -2.48. The summed E-state index contributed by atoms with van der Waals surface area (Å²) in [6.45, 7) is 3.74. The van der Waals surface area contributed by atoms with Crippen LogP contribution in [-0.4, -0.2) is 94.2 Å². The minimum atomic E-state index is -0.664. The Morgan fingerprint density at radius 1 is 1.21 bits per heavy atom. The Balaban J connectivity index is 1.63. The molecule has 2 aliphatic heterocycles. The van der Waals surface area contributed by atoms with E-state index in [4.69, 9.17) is 4.74 Å². The van der Waals surface area contributed by atoms with Gasteiger partial charge in [-0.05, 0) is 13.0 Å². The lowest BCUT2D eigenvalue weighted by atomic mass is 10.0. The molecule has 0 N–H and O–H groups in total. The van der Waals surface area contributed by atoms with Gasteiger partial charge in [0.2, 0.25) is 11.8 Å². The predicted octanol–water partition coefficient (Wildman–Crippen LogP) is 0.103. The average Bonchev–Trinajstić information content (AvgIpc) is 3.07. The van der Waals surface area contributed by atoms with E-state index in [1.807, 2.05) is 24.3 Å². The number of piperazine rings is 2. The van der Waals surface area contributed by atoms with Gasteiger partial charge in [-0.25, -0.2) is 0 Å². The largest absolute Gasteiger partial charge is 0.383 e. The molecule has 0 bridgehead atoms. The van der Waals surface area contributed by atoms with Gasteiger partial charge >= 0.3 is 0 Å². The van der Waals surface area contributed by atoms with Crippen molar-refractivity contribution in [3.05, 3.63) is 30.0 Å². The Morgan fingerprint density at radius 3 is 2.72 bits per heavy atom. The van der Waals surface area contributed by atoms with Crippen LogP contribution >= 0.6 is 0 Å². The summed E-state index contributed by atoms with van der Waals surface area (Å²) < 4.78 is 6.73. The number of rotatable bonds is 4. The number of para-hydroxylation sites is 1. The summed E-state index contributed by atoms with van der Waals surface area (Å²) in [5.41, 5.74) is 1.14. The molecule has 2 aliphatic rings. The van der Waals surface area contributed by atoms with Gasteiger partial charge in [-0.3, -0.25) is 19.1 Å². The summed E-state index contributed by atoms with van der Waals surface area (Å²) in [5, 5.41) is 5.13. The van der Waals surface area contributed by atoms with Crippen LogP contribution in [0.3, 0.4) is 0 Å². The van der Waals surface area contributed by atoms with Gasteiger partial charge in [0.25, 0.3) is 5.91 Å². The van der Waals surface area contributed by atoms with E-state index in [1.165, 1.54) is 4.90 Å². The quantitative estimate of drug-likeness (QED) is 0.728. The van der Waals surface area contributed by atoms with Gasteiger partial charge in [0.1, 0.15) is 12.1 Å². The van der Waals surface area contributed by atoms with Crippen molar-refractivity contribution < 1.29 is 19.1 Å². The summed E-state index contributed by atoms with van der Waals surface area (Å²) in [7, 11) is 3.37. The van der Waals surface area contributed by atoms with Gasteiger partial charge in [0.05, 0.1) is 18.7 Å². The molecular weight excluding hydrogens is 374 g/mol. The Kier molecular flexibility index (Phi) is 4.99. The molecule has 9 nitrogen and oxygen atoms in total. The fourth-order valence-corrected chi connectivity index (χ4v) is 4.19. The van der Waals surface area contributed by atoms with Crippen molar-refractivity contribution in [3.63, 3.8) is 0 Å². The molecular formula is C20H25N5O4. The molecule has 154 valence electrons. The van der Waals surface area contributed by atoms with Crippen molar-refractivity contribution in [2.75, 3.05) is 39.9 Å². The first-order chi connectivity index (χ1) is 13.9. The molecule has 0 radical (unpaired) electrons. The number of ether oxygens (including phenoxy) is 1. The fraction of sp³-hybridized carbons (Fsp3) is 0.500. The highest BCUT2D eigenvalue weighted by atomic mass is 16.5. The molecule has 2 saturated heterocycles. The zero-order chi connectivity index (χ0) is 20.7. The molecule has 0 aliphatic carbocycles. The normalized spacial score (nSPS) is 22.4. The molecule has 9 heteroatoms. The van der Waals surface area contributed by atoms with Crippen LogP contribution in [-0.2, 0) is 21.4 Å². The standard InChI is InChI=1S/C20H25N5O4/c1-13-18(26)24-9-8-23(10-11-29-3)19(27)16(24)12-25(13)20(28)17-14-6-4-5-7-15(14)22(2)21-17/h4-7,13,16H,8-12H2,1-3H3/t13-,16-/m0/s1. The van der Waals surface area contributed by atoms with Crippen molar-refractivity contribution >= 4 is 28.6 Å². The molecule has 4 rings (SSSR count). The monoisotopic (exact) mass is 399 g/mol. The molecule has 2 aromatic rings. The number of benzene rings is 1. The lowest BCUT2D eigenvalue weighted by molar-refractivity contribution is -0.160. The summed E-state index contributed by atoms with van der Waals surface area (Å²) >= 11 is 0. The first-order valence-corrected chi connectivity index (χ1v) is 9.75. The maximum atomic E-state index is 13.4. The van der Waals surface area contributed by atoms with Crippen molar-refractivity contribution in [2.24, 2.45) is 7.05 Å². The van der Waals surface area contributed by atoms with E-state index in [0.717, 1.165) is 10.9 Å². The van der Waals surface area contributed by atoms with E-state index >= 15 is 0 Å². The van der Waals surface area contributed by atoms with E-state index in [-0.39, 0.29) is 24.3 Å². The van der Waals surface area contributed by atoms with Crippen LogP contribution < -0.4 is 0 Å². The topological polar surface area (TPSA) is 88.0 Å². The third-order valence-electron chi connectivity index (χ3n) is 5.85. The van der Waals surface area contributed by atoms with Crippen LogP contribution in [0.15, 0.2) is 24.3 Å². The number of fused-ring (bicyclic) bond motifs is 2. The summed E-state index contributed by atoms with van der Waals surface area (Å²) in [5.74, 6) is -0.670. The van der Waals surface area contributed by atoms with Crippen molar-refractivity contribution in [2.45, 2.75) is 19.0 Å². The Morgan fingerprint density at radius 2 is 1.97 bits per heavy atom. The zero-order valence-electron chi connectivity index (χ0n) is 16.9. The Labute approximate surface area is 168 Å². The second-order valence-corrected chi connectivity index (χ2v) is 7.49. The van der Waals surface area contributed by atoms with Gasteiger partial charge in [-0.1, -0.05) is 18.2 Å². The lowest BCUT2D eigenvalue weighted by Crippen LogP contribution is -2.70. The first kappa shape index (κ1) is 19.4. The predicted molar refractivity (Wildman–Crippen MR) is 105 cm³/mol. The zero-order valence-corrected chi connectivity index (χ0v) is 16.9. The minimum Gasteiger partial charge on any atom is -0.383 e. The number of nitrogens with zero attached hydrogens (tertiary/aromatic N) is 5. The highest BCUT2D eigenvalue weighted by Gasteiger charge is 2.47. The van der Waals surface area contributed by atoms with Crippen LogP contribution in [0.1, 0.15) is 17.4 Å². The molecule has 0 unspecified atom stereocenters. The number of hydrogen-bond acceptors (Lipinski definition) is 5. The molecule has 29 heavy (non-hydrogen) atoms. The summed E-state index contributed by atoms with van der Waals surface area (Å²) in [6, 6.07) is 6.17. The van der Waals surface area contributed by atoms with Crippen LogP contribution in [0.2, 0.25) is 0 Å². The van der Waals surface area contributed by atoms with Crippen LogP contribution in [0.4, 0.5) is 0 Å². The highest BCUT2D eigenvalue weighted by Crippen LogP contribution is 2.25. The molecule has 3 amide bonds. The number of hydrogen-bond donors (Lipinski definition) is 0. The Bertz CT molecular complexity index is 971. The van der Waals surface area contributed by atoms with Gasteiger partial charge in [0, 0.05) is 39.2 Å². The molecule has 3 heterocycles. The number of carbonyl (C=O) groups is 3. The fourth-order valence-electron chi connectivity index (χ4n) is 4.19. The van der Waals surface area contributed by atoms with Gasteiger partial charge in [-0.2, -0.15) is 5.10 Å². The molecule has 2 fully saturated rings. The number of amides is 3. The van der Waals surface area contributed by atoms with Crippen molar-refractivity contribution in [3.8, 4) is 0 Å². The third-order valence-corrected chi connectivity index (χ3v) is 5.85. The highest BCUT2D eigenvalue weighted by molar-refractivity contribution is 6.07. The molecule has 0 saturated carbocycles. The molecule has 2 atom stereocenters. The molecule has 0 spiro atoms. The summed E-state index contributed by atoms with van der Waals surface area (Å²) in [6.07, 6.45) is 0. The first-order valence-electron chi connectivity index (χ1n) is 9.75. The van der Waals surface area contributed by atoms with E-state index in [2.05, 4.69) is 5.10 Å². The van der Waals surface area contributed by atoms with E-state index < -0.39 is 12.1 Å². The van der Waals surface area contributed by atoms with E-state index in [9.17, 15) is 14.4 Å².